The number of aryl methyl sites for hydroxylation is 1. The number of ether oxygens (including phenoxy) is 3. The van der Waals surface area contributed by atoms with Crippen molar-refractivity contribution in [2.75, 3.05) is 37.1 Å². The van der Waals surface area contributed by atoms with Gasteiger partial charge in [-0.05, 0) is 82.6 Å². The number of fused-ring (bicyclic) bond motifs is 1. The van der Waals surface area contributed by atoms with Crippen molar-refractivity contribution in [1.29, 1.82) is 0 Å². The van der Waals surface area contributed by atoms with E-state index >= 15 is 4.39 Å². The fourth-order valence-corrected chi connectivity index (χ4v) is 6.78. The Hall–Kier alpha value is -4.30. The zero-order valence-electron chi connectivity index (χ0n) is 27.3. The van der Waals surface area contributed by atoms with E-state index in [-0.39, 0.29) is 40.0 Å². The summed E-state index contributed by atoms with van der Waals surface area (Å²) in [5.74, 6) is 1.06. The first-order valence-corrected chi connectivity index (χ1v) is 17.0. The molecule has 0 spiro atoms. The number of methoxy groups -OCH3 is 2. The van der Waals surface area contributed by atoms with Crippen LogP contribution in [0.2, 0.25) is 5.02 Å². The average molecular weight is 800 g/mol. The maximum absolute atomic E-state index is 16.7. The Morgan fingerprint density at radius 2 is 1.59 bits per heavy atom. The number of nitrogens with zero attached hydrogens (tertiary/aromatic N) is 5. The molecule has 0 radical (unpaired) electrons. The first-order chi connectivity index (χ1) is 23.5. The Morgan fingerprint density at radius 3 is 2.16 bits per heavy atom. The Kier molecular flexibility index (Phi) is 10.3. The molecule has 0 saturated carbocycles. The molecule has 0 unspecified atom stereocenters. The van der Waals surface area contributed by atoms with Crippen LogP contribution >= 0.6 is 34.2 Å². The topological polar surface area (TPSA) is 89.9 Å². The van der Waals surface area contributed by atoms with Crippen LogP contribution in [0.1, 0.15) is 30.0 Å². The minimum Gasteiger partial charge on any atom is -0.497 e. The molecule has 1 saturated heterocycles. The summed E-state index contributed by atoms with van der Waals surface area (Å²) < 4.78 is 48.3. The molecule has 0 bridgehead atoms. The van der Waals surface area contributed by atoms with E-state index in [0.717, 1.165) is 28.2 Å². The second kappa shape index (κ2) is 14.7. The van der Waals surface area contributed by atoms with Gasteiger partial charge in [0, 0.05) is 41.9 Å². The first-order valence-electron chi connectivity index (χ1n) is 15.5. The second-order valence-corrected chi connectivity index (χ2v) is 13.2. The molecule has 1 aliphatic rings. The number of aromatic nitrogens is 3. The van der Waals surface area contributed by atoms with E-state index in [2.05, 4.69) is 37.5 Å². The standard InChI is InChI=1S/C36H33ClF2IN5O4/c1-20-15-29(45(17-22-5-9-24(47-3)10-6-22)18-23-7-11-25(48-4)12-8-23)41-34(32(20)40)30-28(37)16-27-33(31(30)38)42-36(39)43-35(27)44-14-13-26(19-44)49-21(2)46/h5-12,15-16,26H,13-14,17-19H2,1-4H3/t26-/m0/s1. The highest BCUT2D eigenvalue weighted by Crippen LogP contribution is 2.41. The molecule has 0 amide bonds. The van der Waals surface area contributed by atoms with Gasteiger partial charge in [-0.3, -0.25) is 4.79 Å². The molecular weight excluding hydrogens is 767 g/mol. The van der Waals surface area contributed by atoms with Gasteiger partial charge in [-0.25, -0.2) is 9.37 Å². The molecule has 13 heteroatoms. The molecular formula is C36H33ClF2IN5O4. The molecule has 0 N–H and O–H groups in total. The molecule has 9 nitrogen and oxygen atoms in total. The van der Waals surface area contributed by atoms with Crippen LogP contribution in [-0.2, 0) is 22.6 Å². The van der Waals surface area contributed by atoms with E-state index in [1.807, 2.05) is 61.5 Å². The number of rotatable bonds is 10. The van der Waals surface area contributed by atoms with E-state index in [1.165, 1.54) is 6.92 Å². The second-order valence-electron chi connectivity index (χ2n) is 11.7. The van der Waals surface area contributed by atoms with Crippen molar-refractivity contribution < 1.29 is 27.8 Å². The van der Waals surface area contributed by atoms with Gasteiger partial charge in [-0.15, -0.1) is 0 Å². The lowest BCUT2D eigenvalue weighted by molar-refractivity contribution is -0.145. The fourth-order valence-electron chi connectivity index (χ4n) is 5.95. The van der Waals surface area contributed by atoms with Crippen LogP contribution in [0, 0.1) is 22.4 Å². The van der Waals surface area contributed by atoms with Crippen molar-refractivity contribution in [2.24, 2.45) is 0 Å². The Balaban J connectivity index is 1.43. The van der Waals surface area contributed by atoms with Crippen LogP contribution in [-0.4, -0.2) is 54.3 Å². The van der Waals surface area contributed by atoms with Gasteiger partial charge in [0.2, 0.25) is 0 Å². The third kappa shape index (κ3) is 7.49. The quantitative estimate of drug-likeness (QED) is 0.0795. The summed E-state index contributed by atoms with van der Waals surface area (Å²) >= 11 is 9.01. The average Bonchev–Trinajstić information content (AvgIpc) is 3.54. The van der Waals surface area contributed by atoms with E-state index in [1.54, 1.807) is 25.2 Å². The van der Waals surface area contributed by atoms with Gasteiger partial charge in [0.1, 0.15) is 34.8 Å². The molecule has 254 valence electrons. The number of pyridine rings is 1. The van der Waals surface area contributed by atoms with Crippen LogP contribution in [0.5, 0.6) is 11.5 Å². The van der Waals surface area contributed by atoms with Crippen molar-refractivity contribution in [2.45, 2.75) is 39.5 Å². The molecule has 1 aliphatic heterocycles. The van der Waals surface area contributed by atoms with E-state index in [9.17, 15) is 9.18 Å². The third-order valence-corrected chi connectivity index (χ3v) is 10.0. The number of esters is 1. The van der Waals surface area contributed by atoms with Gasteiger partial charge in [-0.2, -0.15) is 14.4 Å². The lowest BCUT2D eigenvalue weighted by Gasteiger charge is -2.26. The third-order valence-electron chi connectivity index (χ3n) is 8.36. The highest BCUT2D eigenvalue weighted by atomic mass is 127. The fraction of sp³-hybridized carbons (Fsp3) is 0.278. The molecule has 3 heterocycles. The van der Waals surface area contributed by atoms with Crippen molar-refractivity contribution in [3.8, 4) is 22.8 Å². The normalized spacial score (nSPS) is 14.3. The van der Waals surface area contributed by atoms with Gasteiger partial charge < -0.3 is 24.0 Å². The van der Waals surface area contributed by atoms with Crippen molar-refractivity contribution >= 4 is 62.7 Å². The summed E-state index contributed by atoms with van der Waals surface area (Å²) in [6.07, 6.45) is -0.942. The lowest BCUT2D eigenvalue weighted by Crippen LogP contribution is -2.25. The van der Waals surface area contributed by atoms with Crippen molar-refractivity contribution in [3.05, 3.63) is 97.8 Å². The molecule has 5 aromatic rings. The Bertz CT molecular complexity index is 1970. The maximum Gasteiger partial charge on any atom is 0.311 e. The monoisotopic (exact) mass is 799 g/mol. The molecule has 1 fully saturated rings. The number of halogens is 4. The lowest BCUT2D eigenvalue weighted by atomic mass is 10.0. The summed E-state index contributed by atoms with van der Waals surface area (Å²) in [7, 11) is 3.24. The molecule has 2 aromatic heterocycles. The molecule has 3 aromatic carbocycles. The van der Waals surface area contributed by atoms with E-state index < -0.39 is 17.9 Å². The predicted octanol–water partition coefficient (Wildman–Crippen LogP) is 7.90. The summed E-state index contributed by atoms with van der Waals surface area (Å²) in [6.45, 7) is 4.96. The first kappa shape index (κ1) is 34.6. The summed E-state index contributed by atoms with van der Waals surface area (Å²) in [5.41, 5.74) is 3.00. The minimum atomic E-state index is -1.08. The van der Waals surface area contributed by atoms with Gasteiger partial charge in [0.15, 0.2) is 5.82 Å². The Labute approximate surface area is 301 Å². The van der Waals surface area contributed by atoms with Crippen LogP contribution in [0.3, 0.4) is 0 Å². The number of hydrogen-bond acceptors (Lipinski definition) is 9. The zero-order chi connectivity index (χ0) is 34.8. The van der Waals surface area contributed by atoms with Gasteiger partial charge in [0.25, 0.3) is 0 Å². The van der Waals surface area contributed by atoms with Crippen LogP contribution in [0.15, 0.2) is 60.7 Å². The van der Waals surface area contributed by atoms with Crippen molar-refractivity contribution in [1.82, 2.24) is 15.0 Å². The molecule has 0 aliphatic carbocycles. The molecule has 49 heavy (non-hydrogen) atoms. The summed E-state index contributed by atoms with van der Waals surface area (Å²) in [5, 5.41) is 0.329. The number of anilines is 2. The van der Waals surface area contributed by atoms with Crippen LogP contribution in [0.25, 0.3) is 22.2 Å². The SMILES string of the molecule is COc1ccc(CN(Cc2ccc(OC)cc2)c2cc(C)c(I)c(-c3c(Cl)cc4c(N5CC[C@H](OC(C)=O)C5)nc(F)nc4c3F)n2)cc1. The molecule has 1 atom stereocenters. The summed E-state index contributed by atoms with van der Waals surface area (Å²) in [6, 6.07) is 19.1. The number of benzene rings is 3. The minimum absolute atomic E-state index is 0.0145. The largest absolute Gasteiger partial charge is 0.497 e. The van der Waals surface area contributed by atoms with Gasteiger partial charge >= 0.3 is 12.0 Å². The maximum atomic E-state index is 16.7. The zero-order valence-corrected chi connectivity index (χ0v) is 30.2. The van der Waals surface area contributed by atoms with E-state index in [4.69, 9.17) is 30.8 Å². The highest BCUT2D eigenvalue weighted by molar-refractivity contribution is 14.1. The van der Waals surface area contributed by atoms with Crippen molar-refractivity contribution in [3.63, 3.8) is 0 Å². The van der Waals surface area contributed by atoms with Crippen LogP contribution in [0.4, 0.5) is 20.4 Å². The van der Waals surface area contributed by atoms with Gasteiger partial charge in [0.05, 0.1) is 37.0 Å². The van der Waals surface area contributed by atoms with Crippen LogP contribution < -0.4 is 19.3 Å². The number of carbonyl (C=O) groups is 1. The number of hydrogen-bond donors (Lipinski definition) is 0. The Morgan fingerprint density at radius 1 is 0.980 bits per heavy atom. The summed E-state index contributed by atoms with van der Waals surface area (Å²) in [4.78, 5) is 28.2. The molecule has 6 rings (SSSR count). The van der Waals surface area contributed by atoms with E-state index in [0.29, 0.717) is 41.1 Å². The highest BCUT2D eigenvalue weighted by Gasteiger charge is 2.30. The number of carbonyl (C=O) groups excluding carboxylic acids is 1. The predicted molar refractivity (Wildman–Crippen MR) is 193 cm³/mol. The smallest absolute Gasteiger partial charge is 0.311 e. The van der Waals surface area contributed by atoms with Gasteiger partial charge in [-0.1, -0.05) is 35.9 Å².